The molecule has 0 saturated heterocycles. The van der Waals surface area contributed by atoms with Crippen LogP contribution in [0.2, 0.25) is 10.0 Å². The van der Waals surface area contributed by atoms with Gasteiger partial charge >= 0.3 is 5.97 Å². The van der Waals surface area contributed by atoms with Gasteiger partial charge in [-0.3, -0.25) is 4.79 Å². The molecule has 0 unspecified atom stereocenters. The van der Waals surface area contributed by atoms with Gasteiger partial charge in [-0.2, -0.15) is 0 Å². The van der Waals surface area contributed by atoms with Gasteiger partial charge in [-0.1, -0.05) is 47.5 Å². The quantitative estimate of drug-likeness (QED) is 0.399. The van der Waals surface area contributed by atoms with Gasteiger partial charge in [0, 0.05) is 12.2 Å². The average Bonchev–Trinajstić information content (AvgIpc) is 2.73. The summed E-state index contributed by atoms with van der Waals surface area (Å²) in [4.78, 5) is 25.0. The number of pyridine rings is 1. The van der Waals surface area contributed by atoms with Crippen LogP contribution in [0, 0.1) is 6.92 Å². The van der Waals surface area contributed by atoms with Crippen LogP contribution in [0.25, 0.3) is 0 Å². The van der Waals surface area contributed by atoms with Gasteiger partial charge in [0.1, 0.15) is 10.6 Å². The lowest BCUT2D eigenvalue weighted by atomic mass is 10.1. The molecule has 0 amide bonds. The molecule has 0 spiro atoms. The van der Waals surface area contributed by atoms with Gasteiger partial charge in [0.05, 0.1) is 22.8 Å². The van der Waals surface area contributed by atoms with Gasteiger partial charge in [-0.15, -0.1) is 0 Å². The fourth-order valence-electron chi connectivity index (χ4n) is 3.38. The summed E-state index contributed by atoms with van der Waals surface area (Å²) in [5, 5.41) is 3.84. The summed E-state index contributed by atoms with van der Waals surface area (Å²) in [5.74, 6) is -0.364. The third-order valence-corrected chi connectivity index (χ3v) is 5.59. The number of anilines is 1. The summed E-state index contributed by atoms with van der Waals surface area (Å²) in [6, 6.07) is 16.7. The number of hydrogen-bond donors (Lipinski definition) is 1. The molecule has 0 aliphatic carbocycles. The standard InChI is InChI=1S/C26H28Cl2N2O3/c1-17-6-5-7-20(14-17)29-16-23-21(27)15-22(28)24(31)30(23)13-12-18-8-10-19(11-9-18)25(32)33-26(2,3)4/h5-11,14-15,29H,12-13,16H2,1-4H3. The number of carbonyl (C=O) groups is 1. The van der Waals surface area contributed by atoms with Gasteiger partial charge in [-0.05, 0) is 75.6 Å². The summed E-state index contributed by atoms with van der Waals surface area (Å²) >= 11 is 12.6. The van der Waals surface area contributed by atoms with Gasteiger partial charge in [0.15, 0.2) is 0 Å². The number of carbonyl (C=O) groups excluding carboxylic acids is 1. The van der Waals surface area contributed by atoms with Crippen LogP contribution in [0.5, 0.6) is 0 Å². The normalized spacial score (nSPS) is 11.3. The number of aryl methyl sites for hydroxylation is 2. The zero-order valence-electron chi connectivity index (χ0n) is 19.2. The number of nitrogens with one attached hydrogen (secondary N) is 1. The van der Waals surface area contributed by atoms with E-state index in [4.69, 9.17) is 27.9 Å². The average molecular weight is 487 g/mol. The second kappa shape index (κ2) is 10.4. The van der Waals surface area contributed by atoms with E-state index in [1.807, 2.05) is 64.1 Å². The summed E-state index contributed by atoms with van der Waals surface area (Å²) in [5.41, 5.74) is 3.37. The maximum Gasteiger partial charge on any atom is 0.338 e. The lowest BCUT2D eigenvalue weighted by molar-refractivity contribution is 0.00695. The Bertz CT molecular complexity index is 1200. The third kappa shape index (κ3) is 6.86. The molecule has 0 fully saturated rings. The molecule has 0 aliphatic rings. The molecule has 0 radical (unpaired) electrons. The van der Waals surface area contributed by atoms with Crippen molar-refractivity contribution in [1.82, 2.24) is 4.57 Å². The molecule has 0 bridgehead atoms. The largest absolute Gasteiger partial charge is 0.456 e. The van der Waals surface area contributed by atoms with Crippen molar-refractivity contribution in [1.29, 1.82) is 0 Å². The molecule has 0 saturated carbocycles. The number of esters is 1. The number of halogens is 2. The van der Waals surface area contributed by atoms with Gasteiger partial charge in [-0.25, -0.2) is 4.79 Å². The summed E-state index contributed by atoms with van der Waals surface area (Å²) in [7, 11) is 0. The van der Waals surface area contributed by atoms with Crippen molar-refractivity contribution in [3.63, 3.8) is 0 Å². The first kappa shape index (κ1) is 24.9. The molecule has 1 N–H and O–H groups in total. The predicted molar refractivity (Wildman–Crippen MR) is 135 cm³/mol. The van der Waals surface area contributed by atoms with Crippen molar-refractivity contribution in [3.05, 3.63) is 97.4 Å². The highest BCUT2D eigenvalue weighted by molar-refractivity contribution is 6.34. The Balaban J connectivity index is 1.76. The maximum atomic E-state index is 12.8. The molecule has 174 valence electrons. The Morgan fingerprint density at radius 3 is 2.36 bits per heavy atom. The Hall–Kier alpha value is -2.76. The number of benzene rings is 2. The molecule has 7 heteroatoms. The molecule has 0 atom stereocenters. The number of aromatic nitrogens is 1. The first-order valence-corrected chi connectivity index (χ1v) is 11.5. The maximum absolute atomic E-state index is 12.8. The molecule has 5 nitrogen and oxygen atoms in total. The fraction of sp³-hybridized carbons (Fsp3) is 0.308. The Morgan fingerprint density at radius 2 is 1.73 bits per heavy atom. The predicted octanol–water partition coefficient (Wildman–Crippen LogP) is 6.27. The van der Waals surface area contributed by atoms with Crippen LogP contribution in [0.4, 0.5) is 5.69 Å². The summed E-state index contributed by atoms with van der Waals surface area (Å²) in [6.07, 6.45) is 0.572. The van der Waals surface area contributed by atoms with Crippen molar-refractivity contribution < 1.29 is 9.53 Å². The van der Waals surface area contributed by atoms with Crippen LogP contribution in [-0.2, 0) is 24.2 Å². The van der Waals surface area contributed by atoms with E-state index in [9.17, 15) is 9.59 Å². The van der Waals surface area contributed by atoms with Gasteiger partial charge in [0.2, 0.25) is 0 Å². The van der Waals surface area contributed by atoms with Crippen LogP contribution < -0.4 is 10.9 Å². The highest BCUT2D eigenvalue weighted by Gasteiger charge is 2.18. The van der Waals surface area contributed by atoms with Crippen molar-refractivity contribution in [2.45, 2.75) is 52.8 Å². The molecular weight excluding hydrogens is 459 g/mol. The van der Waals surface area contributed by atoms with E-state index in [0.717, 1.165) is 16.8 Å². The third-order valence-electron chi connectivity index (χ3n) is 5.00. The number of rotatable bonds is 7. The molecule has 1 aromatic heterocycles. The SMILES string of the molecule is Cc1cccc(NCc2c(Cl)cc(Cl)c(=O)n2CCc2ccc(C(=O)OC(C)(C)C)cc2)c1. The van der Waals surface area contributed by atoms with E-state index in [1.165, 1.54) is 6.07 Å². The minimum Gasteiger partial charge on any atom is -0.456 e. The lowest BCUT2D eigenvalue weighted by Gasteiger charge is -2.19. The summed E-state index contributed by atoms with van der Waals surface area (Å²) < 4.78 is 7.01. The van der Waals surface area contributed by atoms with Gasteiger partial charge < -0.3 is 14.6 Å². The first-order valence-electron chi connectivity index (χ1n) is 10.7. The topological polar surface area (TPSA) is 60.3 Å². The van der Waals surface area contributed by atoms with E-state index in [2.05, 4.69) is 5.32 Å². The minimum atomic E-state index is -0.550. The van der Waals surface area contributed by atoms with Crippen LogP contribution in [-0.4, -0.2) is 16.1 Å². The van der Waals surface area contributed by atoms with E-state index < -0.39 is 5.60 Å². The molecule has 3 aromatic rings. The number of hydrogen-bond acceptors (Lipinski definition) is 4. The molecule has 1 heterocycles. The van der Waals surface area contributed by atoms with Crippen LogP contribution >= 0.6 is 23.2 Å². The van der Waals surface area contributed by atoms with E-state index in [0.29, 0.717) is 35.8 Å². The van der Waals surface area contributed by atoms with Crippen LogP contribution in [0.3, 0.4) is 0 Å². The molecular formula is C26H28Cl2N2O3. The second-order valence-corrected chi connectivity index (χ2v) is 9.73. The lowest BCUT2D eigenvalue weighted by Crippen LogP contribution is -2.26. The first-order chi connectivity index (χ1) is 15.5. The fourth-order valence-corrected chi connectivity index (χ4v) is 3.92. The van der Waals surface area contributed by atoms with Crippen molar-refractivity contribution in [2.75, 3.05) is 5.32 Å². The second-order valence-electron chi connectivity index (χ2n) is 8.92. The zero-order chi connectivity index (χ0) is 24.2. The molecule has 0 aliphatic heterocycles. The van der Waals surface area contributed by atoms with Crippen LogP contribution in [0.1, 0.15) is 48.0 Å². The summed E-state index contributed by atoms with van der Waals surface area (Å²) in [6.45, 7) is 8.29. The van der Waals surface area contributed by atoms with Crippen molar-refractivity contribution in [2.24, 2.45) is 0 Å². The number of ether oxygens (including phenoxy) is 1. The monoisotopic (exact) mass is 486 g/mol. The minimum absolute atomic E-state index is 0.0829. The molecule has 3 rings (SSSR count). The Morgan fingerprint density at radius 1 is 1.03 bits per heavy atom. The van der Waals surface area contributed by atoms with E-state index in [-0.39, 0.29) is 16.6 Å². The van der Waals surface area contributed by atoms with Gasteiger partial charge in [0.25, 0.3) is 5.56 Å². The number of nitrogens with zero attached hydrogens (tertiary/aromatic N) is 1. The zero-order valence-corrected chi connectivity index (χ0v) is 20.8. The Kier molecular flexibility index (Phi) is 7.88. The molecule has 2 aromatic carbocycles. The van der Waals surface area contributed by atoms with E-state index in [1.54, 1.807) is 16.7 Å². The highest BCUT2D eigenvalue weighted by Crippen LogP contribution is 2.21. The van der Waals surface area contributed by atoms with Crippen molar-refractivity contribution >= 4 is 34.9 Å². The van der Waals surface area contributed by atoms with Crippen LogP contribution in [0.15, 0.2) is 59.4 Å². The smallest absolute Gasteiger partial charge is 0.338 e. The van der Waals surface area contributed by atoms with Crippen molar-refractivity contribution in [3.8, 4) is 0 Å². The molecule has 33 heavy (non-hydrogen) atoms. The van der Waals surface area contributed by atoms with E-state index >= 15 is 0 Å². The Labute approximate surface area is 204 Å². The highest BCUT2D eigenvalue weighted by atomic mass is 35.5.